The lowest BCUT2D eigenvalue weighted by molar-refractivity contribution is -0.138. The summed E-state index contributed by atoms with van der Waals surface area (Å²) < 4.78 is 5.95. The van der Waals surface area contributed by atoms with Crippen molar-refractivity contribution in [1.82, 2.24) is 0 Å². The van der Waals surface area contributed by atoms with E-state index in [1.54, 1.807) is 6.07 Å². The summed E-state index contributed by atoms with van der Waals surface area (Å²) in [5.74, 6) is -1.50. The van der Waals surface area contributed by atoms with E-state index in [0.717, 1.165) is 38.9 Å². The Morgan fingerprint density at radius 1 is 0.698 bits per heavy atom. The zero-order valence-corrected chi connectivity index (χ0v) is 24.3. The first-order valence-electron chi connectivity index (χ1n) is 14.2. The number of carbonyl (C=O) groups is 2. The third-order valence-electron chi connectivity index (χ3n) is 8.05. The van der Waals surface area contributed by atoms with E-state index < -0.39 is 18.1 Å². The first-order chi connectivity index (χ1) is 21.1. The van der Waals surface area contributed by atoms with Crippen LogP contribution in [0.1, 0.15) is 39.7 Å². The van der Waals surface area contributed by atoms with E-state index in [4.69, 9.17) is 4.74 Å². The van der Waals surface area contributed by atoms with Crippen molar-refractivity contribution >= 4 is 30.4 Å². The van der Waals surface area contributed by atoms with Gasteiger partial charge in [-0.05, 0) is 51.1 Å². The molecule has 0 heterocycles. The van der Waals surface area contributed by atoms with Gasteiger partial charge in [0.1, 0.15) is 12.6 Å². The number of rotatable bonds is 9. The van der Waals surface area contributed by atoms with Crippen LogP contribution in [0.25, 0.3) is 11.1 Å². The van der Waals surface area contributed by atoms with Crippen LogP contribution in [0.3, 0.4) is 0 Å². The number of carbonyl (C=O) groups excluding carboxylic acids is 1. The third kappa shape index (κ3) is 5.66. The van der Waals surface area contributed by atoms with E-state index in [0.29, 0.717) is 5.69 Å². The van der Waals surface area contributed by atoms with Crippen LogP contribution in [-0.2, 0) is 9.53 Å². The number of anilines is 1. The highest BCUT2D eigenvalue weighted by Crippen LogP contribution is 2.44. The lowest BCUT2D eigenvalue weighted by Crippen LogP contribution is -2.47. The van der Waals surface area contributed by atoms with Crippen molar-refractivity contribution < 1.29 is 19.4 Å². The molecule has 0 saturated carbocycles. The van der Waals surface area contributed by atoms with Gasteiger partial charge in [-0.25, -0.2) is 9.59 Å². The van der Waals surface area contributed by atoms with Gasteiger partial charge < -0.3 is 9.84 Å². The number of thiol groups is 1. The Morgan fingerprint density at radius 2 is 1.21 bits per heavy atom. The fourth-order valence-electron chi connectivity index (χ4n) is 6.07. The van der Waals surface area contributed by atoms with Crippen LogP contribution in [0.4, 0.5) is 10.5 Å². The van der Waals surface area contributed by atoms with Gasteiger partial charge in [0.25, 0.3) is 0 Å². The number of ether oxygens (including phenoxy) is 1. The van der Waals surface area contributed by atoms with Crippen LogP contribution in [0.2, 0.25) is 0 Å². The van der Waals surface area contributed by atoms with Gasteiger partial charge in [0, 0.05) is 23.3 Å². The Morgan fingerprint density at radius 3 is 1.74 bits per heavy atom. The molecule has 1 atom stereocenters. The van der Waals surface area contributed by atoms with E-state index in [1.807, 2.05) is 78.9 Å². The number of amides is 1. The standard InChI is InChI=1S/C37H31NO4S/c39-36(40)34(24-43)38(37(41)42-23-33-31-20-9-7-18-29(31)30-19-8-10-21-32(30)33)28-17-11-16-27(22-28)35(25-12-3-1-4-13-25)26-14-5-2-6-15-26/h1-22,33-35,43H,23-24H2,(H,39,40)/t34-/m1/s1. The van der Waals surface area contributed by atoms with E-state index in [9.17, 15) is 14.7 Å². The fourth-order valence-corrected chi connectivity index (χ4v) is 6.39. The number of hydrogen-bond acceptors (Lipinski definition) is 4. The molecule has 0 saturated heterocycles. The van der Waals surface area contributed by atoms with Gasteiger partial charge in [-0.2, -0.15) is 12.6 Å². The fraction of sp³-hybridized carbons (Fsp3) is 0.135. The molecule has 0 aliphatic heterocycles. The summed E-state index contributed by atoms with van der Waals surface area (Å²) in [6, 6.07) is 42.7. The second kappa shape index (κ2) is 12.6. The van der Waals surface area contributed by atoms with E-state index in [-0.39, 0.29) is 24.2 Å². The normalized spacial score (nSPS) is 12.8. The number of hydrogen-bond donors (Lipinski definition) is 2. The molecule has 0 spiro atoms. The maximum absolute atomic E-state index is 13.9. The van der Waals surface area contributed by atoms with Gasteiger partial charge in [0.05, 0.1) is 0 Å². The number of aliphatic carboxylic acids is 1. The SMILES string of the molecule is O=C(O)[C@@H](CS)N(C(=O)OCC1c2ccccc2-c2ccccc21)c1cccc(C(c2ccccc2)c2ccccc2)c1. The molecular weight excluding hydrogens is 554 g/mol. The molecule has 0 bridgehead atoms. The van der Waals surface area contributed by atoms with Gasteiger partial charge in [-0.1, -0.05) is 121 Å². The summed E-state index contributed by atoms with van der Waals surface area (Å²) in [6.07, 6.45) is -0.726. The summed E-state index contributed by atoms with van der Waals surface area (Å²) in [5.41, 5.74) is 7.95. The van der Waals surface area contributed by atoms with Gasteiger partial charge in [0.2, 0.25) is 0 Å². The zero-order valence-electron chi connectivity index (χ0n) is 23.4. The Hall–Kier alpha value is -4.81. The zero-order chi connectivity index (χ0) is 29.8. The minimum Gasteiger partial charge on any atom is -0.480 e. The van der Waals surface area contributed by atoms with Gasteiger partial charge in [-0.3, -0.25) is 4.90 Å². The molecule has 0 radical (unpaired) electrons. The molecule has 0 unspecified atom stereocenters. The number of benzene rings is 5. The van der Waals surface area contributed by atoms with Crippen LogP contribution in [-0.4, -0.2) is 35.6 Å². The summed E-state index contributed by atoms with van der Waals surface area (Å²) in [6.45, 7) is 0.0820. The molecule has 5 aromatic rings. The maximum atomic E-state index is 13.9. The second-order valence-corrected chi connectivity index (χ2v) is 10.9. The highest BCUT2D eigenvalue weighted by Gasteiger charge is 2.34. The van der Waals surface area contributed by atoms with Gasteiger partial charge in [-0.15, -0.1) is 0 Å². The number of carboxylic acids is 1. The number of nitrogens with zero attached hydrogens (tertiary/aromatic N) is 1. The third-order valence-corrected chi connectivity index (χ3v) is 8.40. The summed E-state index contributed by atoms with van der Waals surface area (Å²) in [4.78, 5) is 27.5. The maximum Gasteiger partial charge on any atom is 0.415 e. The highest BCUT2D eigenvalue weighted by molar-refractivity contribution is 7.80. The van der Waals surface area contributed by atoms with E-state index in [2.05, 4.69) is 61.2 Å². The molecule has 6 rings (SSSR count). The molecule has 5 nitrogen and oxygen atoms in total. The predicted molar refractivity (Wildman–Crippen MR) is 173 cm³/mol. The lowest BCUT2D eigenvalue weighted by atomic mass is 9.85. The summed E-state index contributed by atoms with van der Waals surface area (Å²) in [5, 5.41) is 10.1. The van der Waals surface area contributed by atoms with Crippen LogP contribution in [0.15, 0.2) is 133 Å². The van der Waals surface area contributed by atoms with Crippen molar-refractivity contribution in [3.05, 3.63) is 161 Å². The van der Waals surface area contributed by atoms with Crippen molar-refractivity contribution in [1.29, 1.82) is 0 Å². The molecule has 0 fully saturated rings. The Labute approximate surface area is 256 Å². The molecule has 1 aliphatic rings. The van der Waals surface area contributed by atoms with Crippen LogP contribution in [0, 0.1) is 0 Å². The van der Waals surface area contributed by atoms with Crippen LogP contribution >= 0.6 is 12.6 Å². The average molecular weight is 586 g/mol. The molecule has 43 heavy (non-hydrogen) atoms. The minimum absolute atomic E-state index is 0.0788. The Balaban J connectivity index is 1.35. The molecule has 6 heteroatoms. The van der Waals surface area contributed by atoms with Crippen molar-refractivity contribution in [2.75, 3.05) is 17.3 Å². The monoisotopic (exact) mass is 585 g/mol. The van der Waals surface area contributed by atoms with Gasteiger partial charge >= 0.3 is 12.1 Å². The second-order valence-electron chi connectivity index (χ2n) is 10.6. The van der Waals surface area contributed by atoms with Crippen LogP contribution < -0.4 is 4.90 Å². The Kier molecular flexibility index (Phi) is 8.29. The van der Waals surface area contributed by atoms with Crippen molar-refractivity contribution in [3.63, 3.8) is 0 Å². The first kappa shape index (κ1) is 28.3. The topological polar surface area (TPSA) is 66.8 Å². The molecule has 214 valence electrons. The quantitative estimate of drug-likeness (QED) is 0.136. The van der Waals surface area contributed by atoms with Gasteiger partial charge in [0.15, 0.2) is 0 Å². The molecule has 1 N–H and O–H groups in total. The van der Waals surface area contributed by atoms with Crippen LogP contribution in [0.5, 0.6) is 0 Å². The van der Waals surface area contributed by atoms with E-state index >= 15 is 0 Å². The predicted octanol–water partition coefficient (Wildman–Crippen LogP) is 8.01. The molecule has 0 aromatic heterocycles. The Bertz CT molecular complexity index is 1660. The minimum atomic E-state index is -1.22. The number of fused-ring (bicyclic) bond motifs is 3. The number of carboxylic acid groups (broad SMARTS) is 1. The molecule has 1 amide bonds. The van der Waals surface area contributed by atoms with Crippen molar-refractivity contribution in [2.24, 2.45) is 0 Å². The average Bonchev–Trinajstić information content (AvgIpc) is 3.37. The molecule has 5 aromatic carbocycles. The molecule has 1 aliphatic carbocycles. The van der Waals surface area contributed by atoms with Crippen molar-refractivity contribution in [2.45, 2.75) is 17.9 Å². The smallest absolute Gasteiger partial charge is 0.415 e. The largest absolute Gasteiger partial charge is 0.480 e. The summed E-state index contributed by atoms with van der Waals surface area (Å²) in [7, 11) is 0. The highest BCUT2D eigenvalue weighted by atomic mass is 32.1. The molecular formula is C37H31NO4S. The van der Waals surface area contributed by atoms with E-state index in [1.165, 1.54) is 4.90 Å². The first-order valence-corrected chi connectivity index (χ1v) is 14.9. The lowest BCUT2D eigenvalue weighted by Gasteiger charge is -2.29. The van der Waals surface area contributed by atoms with Crippen molar-refractivity contribution in [3.8, 4) is 11.1 Å². The summed E-state index contributed by atoms with van der Waals surface area (Å²) >= 11 is 4.32.